The predicted octanol–water partition coefficient (Wildman–Crippen LogP) is 0.996. The highest BCUT2D eigenvalue weighted by atomic mass is 32.1. The van der Waals surface area contributed by atoms with Crippen LogP contribution < -0.4 is 11.1 Å². The monoisotopic (exact) mass is 381 g/mol. The Kier molecular flexibility index (Phi) is 5.62. The van der Waals surface area contributed by atoms with Gasteiger partial charge in [0.05, 0.1) is 11.9 Å². The summed E-state index contributed by atoms with van der Waals surface area (Å²) in [5.74, 6) is -2.49. The summed E-state index contributed by atoms with van der Waals surface area (Å²) >= 11 is 0.971. The molecule has 9 heteroatoms. The third-order valence-corrected chi connectivity index (χ3v) is 4.58. The van der Waals surface area contributed by atoms with Crippen LogP contribution in [0, 0.1) is 0 Å². The molecule has 0 fully saturated rings. The van der Waals surface area contributed by atoms with Crippen LogP contribution in [0.5, 0.6) is 0 Å². The maximum atomic E-state index is 12.7. The van der Waals surface area contributed by atoms with Crippen LogP contribution in [0.4, 0.5) is 0 Å². The normalized spacial score (nSPS) is 11.6. The minimum atomic E-state index is -1.10. The van der Waals surface area contributed by atoms with Crippen molar-refractivity contribution in [2.45, 2.75) is 12.5 Å². The van der Waals surface area contributed by atoms with E-state index in [1.807, 2.05) is 6.07 Å². The van der Waals surface area contributed by atoms with Gasteiger partial charge in [-0.3, -0.25) is 14.4 Å². The van der Waals surface area contributed by atoms with Crippen molar-refractivity contribution >= 4 is 29.1 Å². The zero-order valence-electron chi connectivity index (χ0n) is 14.0. The van der Waals surface area contributed by atoms with Crippen LogP contribution in [-0.2, 0) is 16.0 Å². The fraction of sp³-hybridized carbons (Fsp3) is 0.111. The maximum absolute atomic E-state index is 12.7. The molecule has 27 heavy (non-hydrogen) atoms. The summed E-state index contributed by atoms with van der Waals surface area (Å²) in [4.78, 5) is 44.5. The number of primary amides is 1. The highest BCUT2D eigenvalue weighted by Gasteiger charge is 2.27. The molecule has 2 aromatic heterocycles. The van der Waals surface area contributed by atoms with Crippen molar-refractivity contribution in [3.05, 3.63) is 65.6 Å². The van der Waals surface area contributed by atoms with Gasteiger partial charge in [-0.1, -0.05) is 30.3 Å². The number of nitrogens with two attached hydrogens (primary N) is 1. The van der Waals surface area contributed by atoms with Crippen molar-refractivity contribution in [2.24, 2.45) is 5.73 Å². The lowest BCUT2D eigenvalue weighted by atomic mass is 10.0. The van der Waals surface area contributed by atoms with E-state index < -0.39 is 23.6 Å². The standard InChI is InChI=1S/C18H15N5O3S/c19-17(25)15(24)14(8-11-4-2-1-3-5-11)23-18(26)16-12(9-22-27-16)13-6-7-20-10-21-13/h1-7,9-10,14H,8H2,(H2,19,25)(H,23,26). The van der Waals surface area contributed by atoms with Gasteiger partial charge in [-0.15, -0.1) is 0 Å². The van der Waals surface area contributed by atoms with Gasteiger partial charge >= 0.3 is 0 Å². The molecule has 3 aromatic rings. The van der Waals surface area contributed by atoms with Crippen molar-refractivity contribution in [3.8, 4) is 11.3 Å². The second-order valence-corrected chi connectivity index (χ2v) is 6.41. The quantitative estimate of drug-likeness (QED) is 0.588. The van der Waals surface area contributed by atoms with E-state index in [4.69, 9.17) is 5.73 Å². The van der Waals surface area contributed by atoms with Crippen LogP contribution in [0.15, 0.2) is 55.1 Å². The molecule has 1 aromatic carbocycles. The van der Waals surface area contributed by atoms with Gasteiger partial charge in [0.2, 0.25) is 5.78 Å². The van der Waals surface area contributed by atoms with E-state index in [0.717, 1.165) is 17.1 Å². The number of aromatic nitrogens is 3. The summed E-state index contributed by atoms with van der Waals surface area (Å²) in [5.41, 5.74) is 6.98. The molecule has 3 rings (SSSR count). The first kappa shape index (κ1) is 18.3. The van der Waals surface area contributed by atoms with Gasteiger partial charge in [0.25, 0.3) is 11.8 Å². The summed E-state index contributed by atoms with van der Waals surface area (Å²) in [7, 11) is 0. The van der Waals surface area contributed by atoms with Crippen LogP contribution in [0.25, 0.3) is 11.3 Å². The van der Waals surface area contributed by atoms with Crippen LogP contribution in [0.2, 0.25) is 0 Å². The lowest BCUT2D eigenvalue weighted by molar-refractivity contribution is -0.137. The first-order chi connectivity index (χ1) is 13.1. The Morgan fingerprint density at radius 1 is 1.15 bits per heavy atom. The number of carbonyl (C=O) groups is 3. The lowest BCUT2D eigenvalue weighted by Gasteiger charge is -2.16. The number of hydrogen-bond acceptors (Lipinski definition) is 7. The SMILES string of the molecule is NC(=O)C(=O)C(Cc1ccccc1)NC(=O)c1sncc1-c1ccncn1. The van der Waals surface area contributed by atoms with Crippen LogP contribution in [-0.4, -0.2) is 38.0 Å². The zero-order valence-corrected chi connectivity index (χ0v) is 14.8. The second kappa shape index (κ2) is 8.28. The summed E-state index contributed by atoms with van der Waals surface area (Å²) < 4.78 is 4.03. The summed E-state index contributed by atoms with van der Waals surface area (Å²) in [6.07, 6.45) is 4.58. The number of nitrogens with zero attached hydrogens (tertiary/aromatic N) is 3. The molecule has 0 spiro atoms. The number of ketones is 1. The van der Waals surface area contributed by atoms with Crippen LogP contribution in [0.1, 0.15) is 15.2 Å². The number of benzene rings is 1. The summed E-state index contributed by atoms with van der Waals surface area (Å²) in [6.45, 7) is 0. The Balaban J connectivity index is 1.84. The molecule has 0 radical (unpaired) electrons. The molecule has 8 nitrogen and oxygen atoms in total. The molecule has 0 aliphatic heterocycles. The van der Waals surface area contributed by atoms with E-state index >= 15 is 0 Å². The van der Waals surface area contributed by atoms with Gasteiger partial charge in [0.1, 0.15) is 17.2 Å². The molecular formula is C18H15N5O3S. The number of rotatable bonds is 7. The third kappa shape index (κ3) is 4.39. The Morgan fingerprint density at radius 2 is 1.93 bits per heavy atom. The van der Waals surface area contributed by atoms with Crippen molar-refractivity contribution < 1.29 is 14.4 Å². The van der Waals surface area contributed by atoms with Gasteiger partial charge in [0, 0.05) is 18.2 Å². The highest BCUT2D eigenvalue weighted by Crippen LogP contribution is 2.24. The van der Waals surface area contributed by atoms with E-state index in [0.29, 0.717) is 11.3 Å². The largest absolute Gasteiger partial charge is 0.363 e. The molecule has 0 saturated heterocycles. The van der Waals surface area contributed by atoms with E-state index in [2.05, 4.69) is 19.7 Å². The van der Waals surface area contributed by atoms with Gasteiger partial charge in [-0.2, -0.15) is 4.37 Å². The second-order valence-electron chi connectivity index (χ2n) is 5.61. The predicted molar refractivity (Wildman–Crippen MR) is 98.7 cm³/mol. The fourth-order valence-electron chi connectivity index (χ4n) is 2.49. The minimum Gasteiger partial charge on any atom is -0.363 e. The molecule has 0 saturated carbocycles. The molecule has 136 valence electrons. The fourth-order valence-corrected chi connectivity index (χ4v) is 3.15. The molecule has 1 atom stereocenters. The molecular weight excluding hydrogens is 366 g/mol. The third-order valence-electron chi connectivity index (χ3n) is 3.78. The molecule has 3 N–H and O–H groups in total. The van der Waals surface area contributed by atoms with Gasteiger partial charge in [-0.05, 0) is 23.2 Å². The number of Topliss-reactive ketones (excluding diaryl/α,β-unsaturated/α-hetero) is 1. The van der Waals surface area contributed by atoms with Crippen molar-refractivity contribution in [2.75, 3.05) is 0 Å². The van der Waals surface area contributed by atoms with Crippen LogP contribution >= 0.6 is 11.5 Å². The van der Waals surface area contributed by atoms with E-state index in [9.17, 15) is 14.4 Å². The first-order valence-electron chi connectivity index (χ1n) is 7.95. The highest BCUT2D eigenvalue weighted by molar-refractivity contribution is 7.08. The van der Waals surface area contributed by atoms with Crippen LogP contribution in [0.3, 0.4) is 0 Å². The molecule has 1 unspecified atom stereocenters. The Morgan fingerprint density at radius 3 is 2.59 bits per heavy atom. The van der Waals surface area contributed by atoms with Crippen molar-refractivity contribution in [1.82, 2.24) is 19.7 Å². The van der Waals surface area contributed by atoms with Gasteiger partial charge < -0.3 is 11.1 Å². The summed E-state index contributed by atoms with van der Waals surface area (Å²) in [6, 6.07) is 9.62. The number of carbonyl (C=O) groups excluding carboxylic acids is 3. The molecule has 0 aliphatic carbocycles. The molecule has 0 bridgehead atoms. The topological polar surface area (TPSA) is 128 Å². The minimum absolute atomic E-state index is 0.149. The maximum Gasteiger partial charge on any atom is 0.287 e. The number of amides is 2. The van der Waals surface area contributed by atoms with Crippen molar-refractivity contribution in [1.29, 1.82) is 0 Å². The average molecular weight is 381 g/mol. The summed E-state index contributed by atoms with van der Waals surface area (Å²) in [5, 5.41) is 2.60. The average Bonchev–Trinajstić information content (AvgIpc) is 3.18. The van der Waals surface area contributed by atoms with Crippen molar-refractivity contribution in [3.63, 3.8) is 0 Å². The Hall–Kier alpha value is -3.46. The van der Waals surface area contributed by atoms with E-state index in [1.54, 1.807) is 36.5 Å². The smallest absolute Gasteiger partial charge is 0.287 e. The number of hydrogen-bond donors (Lipinski definition) is 2. The van der Waals surface area contributed by atoms with Gasteiger partial charge in [0.15, 0.2) is 0 Å². The first-order valence-corrected chi connectivity index (χ1v) is 8.73. The van der Waals surface area contributed by atoms with E-state index in [-0.39, 0.29) is 11.3 Å². The van der Waals surface area contributed by atoms with Gasteiger partial charge in [-0.25, -0.2) is 9.97 Å². The molecule has 2 heterocycles. The zero-order chi connectivity index (χ0) is 19.2. The molecule has 0 aliphatic rings. The molecule has 2 amide bonds. The van der Waals surface area contributed by atoms with E-state index in [1.165, 1.54) is 12.5 Å². The number of nitrogens with one attached hydrogen (secondary N) is 1. The Labute approximate surface area is 158 Å². The lowest BCUT2D eigenvalue weighted by Crippen LogP contribution is -2.47. The Bertz CT molecular complexity index is 959.